The fourth-order valence-corrected chi connectivity index (χ4v) is 1.88. The maximum Gasteiger partial charge on any atom is 0.328 e. The first-order valence-corrected chi connectivity index (χ1v) is 6.16. The molecule has 0 saturated heterocycles. The Labute approximate surface area is 117 Å². The van der Waals surface area contributed by atoms with Crippen LogP contribution < -0.4 is 4.74 Å². The number of aliphatic carboxylic acids is 1. The van der Waals surface area contributed by atoms with Gasteiger partial charge in [-0.3, -0.25) is 0 Å². The molecular weight excluding hydrogens is 314 g/mol. The zero-order valence-corrected chi connectivity index (χ0v) is 11.3. The van der Waals surface area contributed by atoms with Gasteiger partial charge in [0, 0.05) is 11.6 Å². The van der Waals surface area contributed by atoms with Crippen LogP contribution in [-0.2, 0) is 11.4 Å². The van der Waals surface area contributed by atoms with Crippen LogP contribution in [0.1, 0.15) is 11.1 Å². The van der Waals surface area contributed by atoms with Crippen LogP contribution in [0.2, 0.25) is 0 Å². The monoisotopic (exact) mass is 323 g/mol. The summed E-state index contributed by atoms with van der Waals surface area (Å²) in [7, 11) is 0. The van der Waals surface area contributed by atoms with Crippen LogP contribution in [0.4, 0.5) is 0 Å². The molecular formula is C13H10BrNO4. The lowest BCUT2D eigenvalue weighted by atomic mass is 10.2. The number of carbonyl (C=O) groups is 1. The molecule has 2 aromatic rings. The molecule has 0 aliphatic carbocycles. The van der Waals surface area contributed by atoms with E-state index in [1.807, 2.05) is 0 Å². The third-order valence-electron chi connectivity index (χ3n) is 2.25. The fraction of sp³-hybridized carbons (Fsp3) is 0.0769. The fourth-order valence-electron chi connectivity index (χ4n) is 1.36. The Morgan fingerprint density at radius 3 is 3.00 bits per heavy atom. The first-order valence-electron chi connectivity index (χ1n) is 5.37. The second kappa shape index (κ2) is 6.19. The Hall–Kier alpha value is -2.08. The first kappa shape index (κ1) is 13.4. The summed E-state index contributed by atoms with van der Waals surface area (Å²) in [5.74, 6) is -0.322. The topological polar surface area (TPSA) is 72.6 Å². The number of carboxylic acid groups (broad SMARTS) is 1. The van der Waals surface area contributed by atoms with Gasteiger partial charge in [-0.05, 0) is 39.7 Å². The second-order valence-electron chi connectivity index (χ2n) is 3.68. The molecule has 1 aromatic heterocycles. The minimum absolute atomic E-state index is 0.354. The number of benzene rings is 1. The summed E-state index contributed by atoms with van der Waals surface area (Å²) >= 11 is 3.37. The van der Waals surface area contributed by atoms with E-state index >= 15 is 0 Å². The predicted octanol–water partition coefficient (Wildman–Crippen LogP) is 3.11. The van der Waals surface area contributed by atoms with Gasteiger partial charge in [0.25, 0.3) is 0 Å². The summed E-state index contributed by atoms with van der Waals surface area (Å²) < 4.78 is 11.0. The first-order chi connectivity index (χ1) is 9.15. The molecule has 0 amide bonds. The zero-order chi connectivity index (χ0) is 13.7. The number of carboxylic acids is 1. The van der Waals surface area contributed by atoms with E-state index in [9.17, 15) is 4.79 Å². The van der Waals surface area contributed by atoms with Crippen molar-refractivity contribution in [2.75, 3.05) is 0 Å². The number of ether oxygens (including phenoxy) is 1. The van der Waals surface area contributed by atoms with Crippen LogP contribution in [0.3, 0.4) is 0 Å². The van der Waals surface area contributed by atoms with Crippen molar-refractivity contribution in [2.45, 2.75) is 6.61 Å². The molecule has 0 bridgehead atoms. The molecule has 1 aromatic carbocycles. The van der Waals surface area contributed by atoms with Crippen molar-refractivity contribution >= 4 is 28.0 Å². The standard InChI is InChI=1S/C13H10BrNO4/c14-11-5-9(2-4-13(16)17)1-3-12(11)18-7-10-6-15-19-8-10/h1-6,8H,7H2,(H,16,17). The Morgan fingerprint density at radius 2 is 2.37 bits per heavy atom. The highest BCUT2D eigenvalue weighted by Crippen LogP contribution is 2.27. The lowest BCUT2D eigenvalue weighted by molar-refractivity contribution is -0.131. The molecule has 0 spiro atoms. The summed E-state index contributed by atoms with van der Waals surface area (Å²) in [5, 5.41) is 12.1. The van der Waals surface area contributed by atoms with Crippen LogP contribution >= 0.6 is 15.9 Å². The van der Waals surface area contributed by atoms with E-state index in [0.717, 1.165) is 21.7 Å². The van der Waals surface area contributed by atoms with Gasteiger partial charge >= 0.3 is 5.97 Å². The van der Waals surface area contributed by atoms with E-state index in [1.54, 1.807) is 24.4 Å². The molecule has 0 fully saturated rings. The Kier molecular flexibility index (Phi) is 4.35. The Morgan fingerprint density at radius 1 is 1.53 bits per heavy atom. The lowest BCUT2D eigenvalue weighted by Gasteiger charge is -2.07. The number of hydrogen-bond donors (Lipinski definition) is 1. The Bertz CT molecular complexity index is 593. The number of rotatable bonds is 5. The molecule has 0 aliphatic rings. The van der Waals surface area contributed by atoms with Gasteiger partial charge in [-0.1, -0.05) is 11.2 Å². The van der Waals surface area contributed by atoms with Gasteiger partial charge < -0.3 is 14.4 Å². The highest BCUT2D eigenvalue weighted by Gasteiger charge is 2.03. The van der Waals surface area contributed by atoms with Crippen LogP contribution in [0.5, 0.6) is 5.75 Å². The molecule has 5 nitrogen and oxygen atoms in total. The number of aromatic nitrogens is 1. The normalized spacial score (nSPS) is 10.8. The molecule has 6 heteroatoms. The van der Waals surface area contributed by atoms with Gasteiger partial charge in [-0.2, -0.15) is 0 Å². The van der Waals surface area contributed by atoms with Gasteiger partial charge in [0.15, 0.2) is 0 Å². The molecule has 0 unspecified atom stereocenters. The zero-order valence-electron chi connectivity index (χ0n) is 9.75. The van der Waals surface area contributed by atoms with Gasteiger partial charge in [-0.25, -0.2) is 4.79 Å². The lowest BCUT2D eigenvalue weighted by Crippen LogP contribution is -1.94. The Balaban J connectivity index is 2.04. The molecule has 19 heavy (non-hydrogen) atoms. The van der Waals surface area contributed by atoms with E-state index in [0.29, 0.717) is 12.4 Å². The van der Waals surface area contributed by atoms with Crippen molar-refractivity contribution in [3.63, 3.8) is 0 Å². The molecule has 0 aliphatic heterocycles. The number of halogens is 1. The van der Waals surface area contributed by atoms with Crippen molar-refractivity contribution in [2.24, 2.45) is 0 Å². The van der Waals surface area contributed by atoms with Crippen molar-refractivity contribution in [3.8, 4) is 5.75 Å². The summed E-state index contributed by atoms with van der Waals surface area (Å²) in [6, 6.07) is 5.31. The van der Waals surface area contributed by atoms with E-state index in [1.165, 1.54) is 12.3 Å². The summed E-state index contributed by atoms with van der Waals surface area (Å²) in [6.45, 7) is 0.354. The minimum atomic E-state index is -0.982. The van der Waals surface area contributed by atoms with Crippen LogP contribution in [-0.4, -0.2) is 16.2 Å². The van der Waals surface area contributed by atoms with Crippen molar-refractivity contribution in [3.05, 3.63) is 52.3 Å². The third kappa shape index (κ3) is 3.96. The summed E-state index contributed by atoms with van der Waals surface area (Å²) in [5.41, 5.74) is 1.60. The van der Waals surface area contributed by atoms with Crippen LogP contribution in [0.15, 0.2) is 45.7 Å². The third-order valence-corrected chi connectivity index (χ3v) is 2.87. The predicted molar refractivity (Wildman–Crippen MR) is 71.6 cm³/mol. The van der Waals surface area contributed by atoms with E-state index in [2.05, 4.69) is 21.1 Å². The summed E-state index contributed by atoms with van der Waals surface area (Å²) in [6.07, 6.45) is 5.69. The molecule has 1 N–H and O–H groups in total. The SMILES string of the molecule is O=C(O)C=Cc1ccc(OCc2cnoc2)c(Br)c1. The van der Waals surface area contributed by atoms with E-state index in [4.69, 9.17) is 14.4 Å². The second-order valence-corrected chi connectivity index (χ2v) is 4.54. The molecule has 2 rings (SSSR count). The quantitative estimate of drug-likeness (QED) is 0.856. The maximum atomic E-state index is 10.4. The highest BCUT2D eigenvalue weighted by atomic mass is 79.9. The van der Waals surface area contributed by atoms with Gasteiger partial charge in [0.2, 0.25) is 0 Å². The largest absolute Gasteiger partial charge is 0.488 e. The average molecular weight is 324 g/mol. The minimum Gasteiger partial charge on any atom is -0.488 e. The maximum absolute atomic E-state index is 10.4. The van der Waals surface area contributed by atoms with E-state index < -0.39 is 5.97 Å². The molecule has 0 atom stereocenters. The molecule has 0 radical (unpaired) electrons. The van der Waals surface area contributed by atoms with Crippen molar-refractivity contribution in [1.82, 2.24) is 5.16 Å². The van der Waals surface area contributed by atoms with Crippen molar-refractivity contribution < 1.29 is 19.2 Å². The molecule has 0 saturated carbocycles. The number of hydrogen-bond acceptors (Lipinski definition) is 4. The molecule has 1 heterocycles. The number of nitrogens with zero attached hydrogens (tertiary/aromatic N) is 1. The van der Waals surface area contributed by atoms with E-state index in [-0.39, 0.29) is 0 Å². The van der Waals surface area contributed by atoms with Crippen molar-refractivity contribution in [1.29, 1.82) is 0 Å². The van der Waals surface area contributed by atoms with Gasteiger partial charge in [0.05, 0.1) is 10.7 Å². The van der Waals surface area contributed by atoms with Crippen LogP contribution in [0.25, 0.3) is 6.08 Å². The van der Waals surface area contributed by atoms with Gasteiger partial charge in [0.1, 0.15) is 18.6 Å². The smallest absolute Gasteiger partial charge is 0.328 e. The average Bonchev–Trinajstić information content (AvgIpc) is 2.88. The van der Waals surface area contributed by atoms with Crippen LogP contribution in [0, 0.1) is 0 Å². The molecule has 98 valence electrons. The summed E-state index contributed by atoms with van der Waals surface area (Å²) in [4.78, 5) is 10.4. The highest BCUT2D eigenvalue weighted by molar-refractivity contribution is 9.10. The van der Waals surface area contributed by atoms with Gasteiger partial charge in [-0.15, -0.1) is 0 Å².